The van der Waals surface area contributed by atoms with Crippen LogP contribution in [0.15, 0.2) is 179 Å². The molecule has 0 aliphatic carbocycles. The van der Waals surface area contributed by atoms with Crippen LogP contribution in [0.3, 0.4) is 0 Å². The predicted molar refractivity (Wildman–Crippen MR) is 454 cm³/mol. The van der Waals surface area contributed by atoms with E-state index in [2.05, 4.69) is 112 Å². The number of amides is 4. The third-order valence-electron chi connectivity index (χ3n) is 21.5. The van der Waals surface area contributed by atoms with E-state index in [1.54, 1.807) is 30.6 Å². The molecule has 29 nitrogen and oxygen atoms in total. The molecule has 4 aliphatic heterocycles. The van der Waals surface area contributed by atoms with E-state index in [9.17, 15) is 57.6 Å². The van der Waals surface area contributed by atoms with E-state index in [0.717, 1.165) is 68.7 Å². The number of nitrogens with one attached hydrogen (secondary N) is 3. The SMILES string of the molecule is C[C@@H]1CN(c2nc(-c3cc(C(F)(F)F)nn3C)ccc2C(=O)NS(=O)(=O)c2cccnc2N)C(C)(C)C1.C[C@@H]1CN(c2nc(-c3cncc4ccccc34)ccc2C(=O)NS(=O)(=O)c2cccnc2N)C(C)(C)C1.C[C@@H]1CN(c2nc(C(C)(C)C)c(C3=CCN(C(=O)Cc4ccccc4)CC3)cc2C(=O)NS(=O)(=O)c2cccc(N)n2)C(C)(C)C1. The Morgan fingerprint density at radius 2 is 1.05 bits per heavy atom. The van der Waals surface area contributed by atoms with Gasteiger partial charge in [0.2, 0.25) is 5.91 Å². The second-order valence-electron chi connectivity index (χ2n) is 33.7. The lowest BCUT2D eigenvalue weighted by atomic mass is 9.83. The lowest BCUT2D eigenvalue weighted by molar-refractivity contribution is -0.141. The Kier molecular flexibility index (Phi) is 24.5. The number of alkyl halides is 3. The number of hydrogen-bond acceptors (Lipinski definition) is 24. The van der Waals surface area contributed by atoms with Crippen molar-refractivity contribution in [2.45, 2.75) is 158 Å². The first-order valence-corrected chi connectivity index (χ1v) is 43.4. The molecule has 3 atom stereocenters. The Balaban J connectivity index is 0.000000166. The van der Waals surface area contributed by atoms with Gasteiger partial charge in [0.05, 0.1) is 45.9 Å². The van der Waals surface area contributed by atoms with Gasteiger partial charge >= 0.3 is 6.18 Å². The minimum absolute atomic E-state index is 0.0304. The number of halogens is 3. The topological polar surface area (TPSA) is 406 Å². The first-order valence-electron chi connectivity index (χ1n) is 38.9. The third kappa shape index (κ3) is 19.2. The molecule has 0 saturated carbocycles. The van der Waals surface area contributed by atoms with Crippen molar-refractivity contribution in [2.75, 3.05) is 64.6 Å². The average Bonchev–Trinajstić information content (AvgIpc) is 1.41. The van der Waals surface area contributed by atoms with Crippen LogP contribution in [0.25, 0.3) is 39.0 Å². The second kappa shape index (κ2) is 33.7. The maximum atomic E-state index is 14.0. The number of nitrogens with two attached hydrogens (primary N) is 3. The molecule has 2 aromatic carbocycles. The Morgan fingerprint density at radius 3 is 1.53 bits per heavy atom. The number of nitrogen functional groups attached to an aromatic ring is 3. The van der Waals surface area contributed by atoms with E-state index in [0.29, 0.717) is 74.7 Å². The summed E-state index contributed by atoms with van der Waals surface area (Å²) in [4.78, 5) is 91.7. The summed E-state index contributed by atoms with van der Waals surface area (Å²) in [7, 11) is -11.6. The van der Waals surface area contributed by atoms with Crippen molar-refractivity contribution in [3.05, 3.63) is 204 Å². The molecule has 12 heterocycles. The summed E-state index contributed by atoms with van der Waals surface area (Å²) in [6.07, 6.45) is 7.08. The van der Waals surface area contributed by atoms with Gasteiger partial charge in [0, 0.05) is 103 Å². The van der Waals surface area contributed by atoms with Crippen LogP contribution < -0.4 is 46.1 Å². The monoisotopic (exact) mass is 1700 g/mol. The number of benzene rings is 2. The molecular weight excluding hydrogens is 1600 g/mol. The fourth-order valence-electron chi connectivity index (χ4n) is 16.2. The van der Waals surface area contributed by atoms with Crippen LogP contribution in [0.4, 0.5) is 48.1 Å². The number of fused-ring (bicyclic) bond motifs is 1. The zero-order valence-electron chi connectivity index (χ0n) is 68.9. The van der Waals surface area contributed by atoms with Gasteiger partial charge in [-0.25, -0.2) is 60.9 Å². The molecule has 4 aliphatic rings. The van der Waals surface area contributed by atoms with Crippen LogP contribution in [-0.4, -0.2) is 148 Å². The Bertz CT molecular complexity index is 6020. The van der Waals surface area contributed by atoms with Gasteiger partial charge in [-0.1, -0.05) is 108 Å². The van der Waals surface area contributed by atoms with Crippen LogP contribution >= 0.6 is 0 Å². The number of carbonyl (C=O) groups is 4. The molecule has 3 saturated heterocycles. The highest BCUT2D eigenvalue weighted by Crippen LogP contribution is 2.45. The van der Waals surface area contributed by atoms with Gasteiger partial charge < -0.3 is 36.8 Å². The van der Waals surface area contributed by atoms with Gasteiger partial charge in [-0.15, -0.1) is 0 Å². The highest BCUT2D eigenvalue weighted by atomic mass is 32.2. The molecule has 4 amide bonds. The van der Waals surface area contributed by atoms with Crippen molar-refractivity contribution in [3.63, 3.8) is 0 Å². The summed E-state index contributed by atoms with van der Waals surface area (Å²) in [6.45, 7) is 27.7. The molecule has 9 N–H and O–H groups in total. The largest absolute Gasteiger partial charge is 0.435 e. The van der Waals surface area contributed by atoms with E-state index in [1.165, 1.54) is 74.0 Å². The van der Waals surface area contributed by atoms with Crippen LogP contribution in [-0.2, 0) is 59.9 Å². The Labute approximate surface area is 696 Å². The van der Waals surface area contributed by atoms with Gasteiger partial charge in [0.25, 0.3) is 47.8 Å². The molecule has 10 aromatic rings. The number of aryl methyl sites for hydroxylation is 1. The van der Waals surface area contributed by atoms with Gasteiger partial charge in [-0.05, 0) is 174 Å². The lowest BCUT2D eigenvalue weighted by Crippen LogP contribution is -2.41. The van der Waals surface area contributed by atoms with Crippen molar-refractivity contribution in [1.82, 2.24) is 63.7 Å². The van der Waals surface area contributed by atoms with Crippen molar-refractivity contribution >= 4 is 105 Å². The van der Waals surface area contributed by atoms with Gasteiger partial charge in [0.1, 0.15) is 44.7 Å². The molecule has 0 unspecified atom stereocenters. The highest BCUT2D eigenvalue weighted by molar-refractivity contribution is 7.90. The standard InChI is InChI=1S/C35H44N6O4S.C27H28N6O3S.C23H26F3N7O3S/c1-23-21-35(5,6)41(22-23)32-27(33(43)39-46(44,45)29-14-10-13-28(36)37-29)20-26(31(38-32)34(2,3)4)25-15-17-40(18-16-25)30(42)19-24-11-8-7-9-12-24;1-17-13-27(2,3)33(16-17)25-20(26(34)32-37(35,36)23-9-6-12-30-24(23)28)10-11-22(31-25)21-15-29-14-18-7-4-5-8-19(18)21;1-13-11-22(2,3)33(12-13)20-14(21(34)31-37(35,36)17-6-5-9-28-19(17)27)7-8-15(29-20)16-10-18(23(24,25)26)30-32(16)4/h7-15,20,23H,16-19,21-22H2,1-6H3,(H2,36,37)(H,39,43);4-12,14-15,17H,13,16H2,1-3H3,(H2,28,30)(H,32,34);5-10,13H,11-12H2,1-4H3,(H2,27,28)(H,31,34)/t23-;17-;13-/m000/s1. The smallest absolute Gasteiger partial charge is 0.384 e. The average molecular weight is 1700 g/mol. The number of aromatic nitrogens is 9. The molecule has 3 fully saturated rings. The number of rotatable bonds is 17. The minimum atomic E-state index is -4.65. The Morgan fingerprint density at radius 1 is 0.550 bits per heavy atom. The van der Waals surface area contributed by atoms with Crippen molar-refractivity contribution in [3.8, 4) is 22.6 Å². The number of hydrogen-bond donors (Lipinski definition) is 6. The molecule has 632 valence electrons. The fraction of sp³-hybridized carbons (Fsp3) is 0.365. The van der Waals surface area contributed by atoms with E-state index >= 15 is 0 Å². The minimum Gasteiger partial charge on any atom is -0.384 e. The van der Waals surface area contributed by atoms with Gasteiger partial charge in [-0.2, -0.15) is 26.7 Å². The van der Waals surface area contributed by atoms with Crippen LogP contribution in [0.2, 0.25) is 0 Å². The normalized spacial score (nSPS) is 17.8. The van der Waals surface area contributed by atoms with E-state index in [1.807, 2.05) is 96.0 Å². The molecule has 0 bridgehead atoms. The second-order valence-corrected chi connectivity index (χ2v) is 38.7. The van der Waals surface area contributed by atoms with Crippen LogP contribution in [0.5, 0.6) is 0 Å². The quantitative estimate of drug-likeness (QED) is 0.0493. The first kappa shape index (κ1) is 87.3. The summed E-state index contributed by atoms with van der Waals surface area (Å²) in [6, 6.07) is 35.8. The maximum absolute atomic E-state index is 14.0. The van der Waals surface area contributed by atoms with E-state index in [4.69, 9.17) is 27.2 Å². The molecule has 14 rings (SSSR count). The molecule has 120 heavy (non-hydrogen) atoms. The molecule has 35 heteroatoms. The number of nitrogens with zero attached hydrogens (tertiary/aromatic N) is 13. The number of pyridine rings is 7. The fourth-order valence-corrected chi connectivity index (χ4v) is 19.3. The number of anilines is 6. The number of carbonyl (C=O) groups excluding carboxylic acids is 4. The Hall–Kier alpha value is -12.0. The first-order chi connectivity index (χ1) is 56.2. The maximum Gasteiger partial charge on any atom is 0.435 e. The van der Waals surface area contributed by atoms with Crippen molar-refractivity contribution in [2.24, 2.45) is 24.8 Å². The third-order valence-corrected chi connectivity index (χ3v) is 25.5. The molecule has 8 aromatic heterocycles. The molecular formula is C85H98F3N19O10S3. The summed E-state index contributed by atoms with van der Waals surface area (Å²) >= 11 is 0. The number of sulfonamides is 3. The highest BCUT2D eigenvalue weighted by Gasteiger charge is 2.44. The molecule has 0 spiro atoms. The van der Waals surface area contributed by atoms with Gasteiger partial charge in [-0.3, -0.25) is 28.8 Å². The molecule has 0 radical (unpaired) electrons. The van der Waals surface area contributed by atoms with E-state index < -0.39 is 70.6 Å². The zero-order valence-corrected chi connectivity index (χ0v) is 71.3. The summed E-state index contributed by atoms with van der Waals surface area (Å²) in [5.41, 5.74) is 20.1. The van der Waals surface area contributed by atoms with Crippen LogP contribution in [0, 0.1) is 17.8 Å². The summed E-state index contributed by atoms with van der Waals surface area (Å²) in [5.74, 6) is -0.953. The predicted octanol–water partition coefficient (Wildman–Crippen LogP) is 12.2. The summed E-state index contributed by atoms with van der Waals surface area (Å²) < 4.78 is 125. The van der Waals surface area contributed by atoms with Crippen molar-refractivity contribution < 1.29 is 57.6 Å². The zero-order chi connectivity index (χ0) is 87.1. The van der Waals surface area contributed by atoms with E-state index in [-0.39, 0.29) is 89.1 Å². The lowest BCUT2D eigenvalue weighted by Gasteiger charge is -2.36. The van der Waals surface area contributed by atoms with Crippen molar-refractivity contribution in [1.29, 1.82) is 0 Å². The van der Waals surface area contributed by atoms with Crippen LogP contribution in [0.1, 0.15) is 162 Å². The summed E-state index contributed by atoms with van der Waals surface area (Å²) in [5, 5.41) is 5.15. The van der Waals surface area contributed by atoms with Gasteiger partial charge in [0.15, 0.2) is 10.7 Å².